The molecule has 2 aromatic rings. The summed E-state index contributed by atoms with van der Waals surface area (Å²) in [6.45, 7) is 0. The molecular weight excluding hydrogens is 209 g/mol. The molecule has 0 aliphatic carbocycles. The van der Waals surface area contributed by atoms with E-state index >= 15 is 0 Å². The number of anilines is 1. The SMILES string of the molecule is O=C(Nc1cccnn1)c1ccccc1F. The van der Waals surface area contributed by atoms with Crippen LogP contribution in [-0.4, -0.2) is 16.1 Å². The van der Waals surface area contributed by atoms with Crippen molar-refractivity contribution in [2.45, 2.75) is 0 Å². The first kappa shape index (κ1) is 10.2. The first-order chi connectivity index (χ1) is 7.77. The van der Waals surface area contributed by atoms with Gasteiger partial charge in [-0.1, -0.05) is 12.1 Å². The van der Waals surface area contributed by atoms with Crippen LogP contribution in [0, 0.1) is 5.82 Å². The van der Waals surface area contributed by atoms with E-state index < -0.39 is 11.7 Å². The van der Waals surface area contributed by atoms with Crippen molar-refractivity contribution >= 4 is 11.7 Å². The van der Waals surface area contributed by atoms with Gasteiger partial charge in [-0.3, -0.25) is 4.79 Å². The maximum absolute atomic E-state index is 13.2. The van der Waals surface area contributed by atoms with Gasteiger partial charge >= 0.3 is 0 Å². The molecule has 0 unspecified atom stereocenters. The molecule has 80 valence electrons. The van der Waals surface area contributed by atoms with Crippen molar-refractivity contribution in [2.75, 3.05) is 5.32 Å². The lowest BCUT2D eigenvalue weighted by Gasteiger charge is -2.03. The average molecular weight is 217 g/mol. The van der Waals surface area contributed by atoms with Crippen molar-refractivity contribution < 1.29 is 9.18 Å². The molecule has 0 atom stereocenters. The Morgan fingerprint density at radius 3 is 2.69 bits per heavy atom. The predicted molar refractivity (Wildman–Crippen MR) is 56.4 cm³/mol. The van der Waals surface area contributed by atoms with Gasteiger partial charge in [-0.15, -0.1) is 5.10 Å². The van der Waals surface area contributed by atoms with Crippen LogP contribution >= 0.6 is 0 Å². The van der Waals surface area contributed by atoms with E-state index in [0.717, 1.165) is 0 Å². The Hall–Kier alpha value is -2.30. The molecule has 16 heavy (non-hydrogen) atoms. The molecule has 0 saturated carbocycles. The zero-order valence-corrected chi connectivity index (χ0v) is 8.22. The van der Waals surface area contributed by atoms with Crippen LogP contribution in [0.5, 0.6) is 0 Å². The fraction of sp³-hybridized carbons (Fsp3) is 0. The Morgan fingerprint density at radius 1 is 1.19 bits per heavy atom. The standard InChI is InChI=1S/C11H8FN3O/c12-9-5-2-1-4-8(9)11(16)14-10-6-3-7-13-15-10/h1-7H,(H,14,15,16). The van der Waals surface area contributed by atoms with Crippen molar-refractivity contribution in [3.63, 3.8) is 0 Å². The van der Waals surface area contributed by atoms with E-state index in [1.807, 2.05) is 0 Å². The molecule has 1 heterocycles. The van der Waals surface area contributed by atoms with Gasteiger partial charge in [0.15, 0.2) is 5.82 Å². The number of halogens is 1. The average Bonchev–Trinajstić information content (AvgIpc) is 2.31. The molecule has 0 aliphatic heterocycles. The Labute approximate surface area is 91.1 Å². The maximum atomic E-state index is 13.2. The lowest BCUT2D eigenvalue weighted by molar-refractivity contribution is 0.102. The second-order valence-electron chi connectivity index (χ2n) is 3.04. The highest BCUT2D eigenvalue weighted by atomic mass is 19.1. The maximum Gasteiger partial charge on any atom is 0.259 e. The lowest BCUT2D eigenvalue weighted by atomic mass is 10.2. The van der Waals surface area contributed by atoms with E-state index in [-0.39, 0.29) is 11.4 Å². The number of nitrogens with one attached hydrogen (secondary N) is 1. The Balaban J connectivity index is 2.19. The minimum atomic E-state index is -0.566. The number of hydrogen-bond acceptors (Lipinski definition) is 3. The van der Waals surface area contributed by atoms with Gasteiger partial charge in [-0.25, -0.2) is 4.39 Å². The highest BCUT2D eigenvalue weighted by Gasteiger charge is 2.10. The molecular formula is C11H8FN3O. The molecule has 1 aromatic carbocycles. The summed E-state index contributed by atoms with van der Waals surface area (Å²) in [6, 6.07) is 8.95. The molecule has 1 N–H and O–H groups in total. The number of benzene rings is 1. The van der Waals surface area contributed by atoms with Crippen molar-refractivity contribution in [3.8, 4) is 0 Å². The van der Waals surface area contributed by atoms with Crippen molar-refractivity contribution in [1.82, 2.24) is 10.2 Å². The zero-order chi connectivity index (χ0) is 11.4. The van der Waals surface area contributed by atoms with Gasteiger partial charge in [-0.2, -0.15) is 5.10 Å². The Bertz CT molecular complexity index is 502. The molecule has 0 aliphatic rings. The first-order valence-corrected chi connectivity index (χ1v) is 4.61. The molecule has 5 heteroatoms. The summed E-state index contributed by atoms with van der Waals surface area (Å²) < 4.78 is 13.2. The van der Waals surface area contributed by atoms with E-state index in [1.54, 1.807) is 18.2 Å². The number of amides is 1. The summed E-state index contributed by atoms with van der Waals surface area (Å²) in [5, 5.41) is 9.71. The predicted octanol–water partition coefficient (Wildman–Crippen LogP) is 1.87. The number of rotatable bonds is 2. The molecule has 0 bridgehead atoms. The summed E-state index contributed by atoms with van der Waals surface area (Å²) >= 11 is 0. The number of hydrogen-bond donors (Lipinski definition) is 1. The molecule has 4 nitrogen and oxygen atoms in total. The summed E-state index contributed by atoms with van der Waals surface area (Å²) in [5.41, 5.74) is -0.0202. The summed E-state index contributed by atoms with van der Waals surface area (Å²) in [5.74, 6) is -0.821. The number of carbonyl (C=O) groups excluding carboxylic acids is 1. The first-order valence-electron chi connectivity index (χ1n) is 4.61. The normalized spacial score (nSPS) is 9.81. The molecule has 1 aromatic heterocycles. The van der Waals surface area contributed by atoms with Crippen LogP contribution in [0.15, 0.2) is 42.6 Å². The van der Waals surface area contributed by atoms with E-state index in [4.69, 9.17) is 0 Å². The monoisotopic (exact) mass is 217 g/mol. The Morgan fingerprint density at radius 2 is 2.00 bits per heavy atom. The largest absolute Gasteiger partial charge is 0.305 e. The third-order valence-corrected chi connectivity index (χ3v) is 1.93. The van der Waals surface area contributed by atoms with Crippen LogP contribution in [0.2, 0.25) is 0 Å². The molecule has 0 saturated heterocycles. The van der Waals surface area contributed by atoms with Crippen LogP contribution in [0.1, 0.15) is 10.4 Å². The third kappa shape index (κ3) is 2.20. The van der Waals surface area contributed by atoms with Crippen molar-refractivity contribution in [3.05, 3.63) is 54.0 Å². The second kappa shape index (κ2) is 4.48. The topological polar surface area (TPSA) is 54.9 Å². The van der Waals surface area contributed by atoms with Gasteiger partial charge < -0.3 is 5.32 Å². The van der Waals surface area contributed by atoms with Crippen LogP contribution in [0.25, 0.3) is 0 Å². The van der Waals surface area contributed by atoms with Gasteiger partial charge in [0.1, 0.15) is 5.82 Å². The quantitative estimate of drug-likeness (QED) is 0.835. The smallest absolute Gasteiger partial charge is 0.259 e. The highest BCUT2D eigenvalue weighted by molar-refractivity contribution is 6.03. The zero-order valence-electron chi connectivity index (χ0n) is 8.22. The third-order valence-electron chi connectivity index (χ3n) is 1.93. The molecule has 0 spiro atoms. The summed E-state index contributed by atoms with van der Waals surface area (Å²) in [6.07, 6.45) is 1.48. The fourth-order valence-electron chi connectivity index (χ4n) is 1.20. The number of aromatic nitrogens is 2. The van der Waals surface area contributed by atoms with Crippen LogP contribution in [0.4, 0.5) is 10.2 Å². The van der Waals surface area contributed by atoms with E-state index in [9.17, 15) is 9.18 Å². The lowest BCUT2D eigenvalue weighted by Crippen LogP contribution is -2.14. The second-order valence-corrected chi connectivity index (χ2v) is 3.04. The van der Waals surface area contributed by atoms with Gasteiger partial charge in [0.25, 0.3) is 5.91 Å². The summed E-state index contributed by atoms with van der Waals surface area (Å²) in [4.78, 5) is 11.6. The van der Waals surface area contributed by atoms with Gasteiger partial charge in [0.05, 0.1) is 5.56 Å². The van der Waals surface area contributed by atoms with Gasteiger partial charge in [-0.05, 0) is 24.3 Å². The Kier molecular flexibility index (Phi) is 2.86. The van der Waals surface area contributed by atoms with Crippen LogP contribution < -0.4 is 5.32 Å². The van der Waals surface area contributed by atoms with Crippen LogP contribution in [-0.2, 0) is 0 Å². The van der Waals surface area contributed by atoms with E-state index in [1.165, 1.54) is 24.4 Å². The highest BCUT2D eigenvalue weighted by Crippen LogP contribution is 2.08. The van der Waals surface area contributed by atoms with E-state index in [0.29, 0.717) is 0 Å². The van der Waals surface area contributed by atoms with Crippen molar-refractivity contribution in [2.24, 2.45) is 0 Å². The van der Waals surface area contributed by atoms with E-state index in [2.05, 4.69) is 15.5 Å². The number of nitrogens with zero attached hydrogens (tertiary/aromatic N) is 2. The minimum Gasteiger partial charge on any atom is -0.305 e. The molecule has 0 radical (unpaired) electrons. The van der Waals surface area contributed by atoms with Gasteiger partial charge in [0, 0.05) is 6.20 Å². The minimum absolute atomic E-state index is 0.0202. The fourth-order valence-corrected chi connectivity index (χ4v) is 1.20. The summed E-state index contributed by atoms with van der Waals surface area (Å²) in [7, 11) is 0. The molecule has 0 fully saturated rings. The number of carbonyl (C=O) groups is 1. The molecule has 2 rings (SSSR count). The van der Waals surface area contributed by atoms with Gasteiger partial charge in [0.2, 0.25) is 0 Å². The van der Waals surface area contributed by atoms with Crippen LogP contribution in [0.3, 0.4) is 0 Å². The molecule has 1 amide bonds. The van der Waals surface area contributed by atoms with Crippen molar-refractivity contribution in [1.29, 1.82) is 0 Å².